The summed E-state index contributed by atoms with van der Waals surface area (Å²) in [5.74, 6) is 0. The molecule has 0 aromatic heterocycles. The SMILES string of the molecule is CNNc1ccc(C(OCCOC2CCCCO2)(C(F)(F)F)C(F)(F)F)cc1. The number of hydrogen-bond donors (Lipinski definition) is 2. The number of rotatable bonds is 8. The number of hydrogen-bond acceptors (Lipinski definition) is 5. The van der Waals surface area contributed by atoms with E-state index in [1.807, 2.05) is 0 Å². The van der Waals surface area contributed by atoms with E-state index in [0.717, 1.165) is 37.1 Å². The summed E-state index contributed by atoms with van der Waals surface area (Å²) in [5, 5.41) is 0. The Balaban J connectivity index is 2.20. The van der Waals surface area contributed by atoms with Crippen molar-refractivity contribution in [3.63, 3.8) is 0 Å². The van der Waals surface area contributed by atoms with E-state index in [1.54, 1.807) is 0 Å². The van der Waals surface area contributed by atoms with Crippen LogP contribution in [0.25, 0.3) is 0 Å². The number of alkyl halides is 6. The van der Waals surface area contributed by atoms with Gasteiger partial charge in [0.15, 0.2) is 6.29 Å². The Hall–Kier alpha value is -1.56. The second-order valence-corrected chi connectivity index (χ2v) is 6.14. The minimum Gasteiger partial charge on any atom is -0.353 e. The van der Waals surface area contributed by atoms with Gasteiger partial charge in [-0.05, 0) is 31.4 Å². The first kappa shape index (κ1) is 22.7. The maximum atomic E-state index is 13.6. The monoisotopic (exact) mass is 416 g/mol. The van der Waals surface area contributed by atoms with E-state index in [4.69, 9.17) is 9.47 Å². The van der Waals surface area contributed by atoms with Gasteiger partial charge >= 0.3 is 12.4 Å². The van der Waals surface area contributed by atoms with Crippen LogP contribution in [0.15, 0.2) is 24.3 Å². The maximum Gasteiger partial charge on any atom is 0.430 e. The molecule has 2 rings (SSSR count). The third-order valence-electron chi connectivity index (χ3n) is 4.20. The molecule has 5 nitrogen and oxygen atoms in total. The molecule has 1 aliphatic heterocycles. The van der Waals surface area contributed by atoms with E-state index in [-0.39, 0.29) is 0 Å². The van der Waals surface area contributed by atoms with Gasteiger partial charge in [-0.2, -0.15) is 26.3 Å². The fourth-order valence-corrected chi connectivity index (χ4v) is 2.88. The standard InChI is InChI=1S/C17H22F6N2O3/c1-24-25-13-7-5-12(6-8-13)15(16(18,19)20,17(21,22)23)28-11-10-27-14-4-2-3-9-26-14/h5-8,14,24-25H,2-4,9-11H2,1H3. The highest BCUT2D eigenvalue weighted by Gasteiger charge is 2.73. The smallest absolute Gasteiger partial charge is 0.353 e. The predicted octanol–water partition coefficient (Wildman–Crippen LogP) is 4.11. The first-order valence-electron chi connectivity index (χ1n) is 8.66. The third-order valence-corrected chi connectivity index (χ3v) is 4.20. The number of benzene rings is 1. The molecule has 160 valence electrons. The summed E-state index contributed by atoms with van der Waals surface area (Å²) in [4.78, 5) is 0. The fourth-order valence-electron chi connectivity index (χ4n) is 2.88. The molecule has 0 radical (unpaired) electrons. The van der Waals surface area contributed by atoms with E-state index in [1.165, 1.54) is 7.05 Å². The lowest BCUT2D eigenvalue weighted by Gasteiger charge is -2.37. The van der Waals surface area contributed by atoms with Crippen molar-refractivity contribution in [3.8, 4) is 0 Å². The highest BCUT2D eigenvalue weighted by molar-refractivity contribution is 5.45. The van der Waals surface area contributed by atoms with E-state index >= 15 is 0 Å². The first-order chi connectivity index (χ1) is 13.1. The van der Waals surface area contributed by atoms with E-state index < -0.39 is 43.0 Å². The number of ether oxygens (including phenoxy) is 3. The number of nitrogens with one attached hydrogen (secondary N) is 2. The zero-order chi connectivity index (χ0) is 20.8. The van der Waals surface area contributed by atoms with Crippen molar-refractivity contribution in [2.75, 3.05) is 32.3 Å². The molecule has 1 fully saturated rings. The van der Waals surface area contributed by atoms with Crippen LogP contribution in [0.5, 0.6) is 0 Å². The zero-order valence-corrected chi connectivity index (χ0v) is 15.1. The first-order valence-corrected chi connectivity index (χ1v) is 8.66. The Labute approximate surface area is 158 Å². The van der Waals surface area contributed by atoms with Crippen molar-refractivity contribution in [2.24, 2.45) is 0 Å². The largest absolute Gasteiger partial charge is 0.430 e. The van der Waals surface area contributed by atoms with Crippen molar-refractivity contribution < 1.29 is 40.6 Å². The van der Waals surface area contributed by atoms with Crippen molar-refractivity contribution in [2.45, 2.75) is 43.5 Å². The predicted molar refractivity (Wildman–Crippen MR) is 88.4 cm³/mol. The Morgan fingerprint density at radius 2 is 1.64 bits per heavy atom. The molecule has 0 amide bonds. The summed E-state index contributed by atoms with van der Waals surface area (Å²) in [7, 11) is 1.50. The molecule has 1 unspecified atom stereocenters. The molecular weight excluding hydrogens is 394 g/mol. The normalized spacial score (nSPS) is 18.9. The molecule has 0 bridgehead atoms. The van der Waals surface area contributed by atoms with Gasteiger partial charge in [-0.25, -0.2) is 5.43 Å². The Bertz CT molecular complexity index is 586. The second kappa shape index (κ2) is 9.29. The Kier molecular flexibility index (Phi) is 7.54. The fraction of sp³-hybridized carbons (Fsp3) is 0.647. The number of halogens is 6. The lowest BCUT2D eigenvalue weighted by molar-refractivity contribution is -0.391. The number of anilines is 1. The summed E-state index contributed by atoms with van der Waals surface area (Å²) >= 11 is 0. The average molecular weight is 416 g/mol. The minimum absolute atomic E-state index is 0.294. The molecule has 11 heteroatoms. The molecule has 0 spiro atoms. The van der Waals surface area contributed by atoms with E-state index in [9.17, 15) is 26.3 Å². The zero-order valence-electron chi connectivity index (χ0n) is 15.1. The van der Waals surface area contributed by atoms with Gasteiger partial charge in [-0.3, -0.25) is 0 Å². The van der Waals surface area contributed by atoms with Crippen molar-refractivity contribution in [1.29, 1.82) is 0 Å². The van der Waals surface area contributed by atoms with Gasteiger partial charge in [-0.15, -0.1) is 0 Å². The van der Waals surface area contributed by atoms with Crippen LogP contribution in [0.3, 0.4) is 0 Å². The van der Waals surface area contributed by atoms with Crippen LogP contribution < -0.4 is 10.9 Å². The van der Waals surface area contributed by atoms with Gasteiger partial charge < -0.3 is 19.6 Å². The van der Waals surface area contributed by atoms with Crippen molar-refractivity contribution >= 4 is 5.69 Å². The molecule has 1 aromatic carbocycles. The highest BCUT2D eigenvalue weighted by Crippen LogP contribution is 2.53. The molecule has 28 heavy (non-hydrogen) atoms. The van der Waals surface area contributed by atoms with E-state index in [0.29, 0.717) is 18.7 Å². The van der Waals surface area contributed by atoms with Gasteiger partial charge in [0.2, 0.25) is 0 Å². The van der Waals surface area contributed by atoms with Gasteiger partial charge in [0.25, 0.3) is 5.60 Å². The van der Waals surface area contributed by atoms with Crippen LogP contribution >= 0.6 is 0 Å². The molecule has 1 saturated heterocycles. The minimum atomic E-state index is -5.73. The quantitative estimate of drug-likeness (QED) is 0.380. The lowest BCUT2D eigenvalue weighted by Crippen LogP contribution is -2.56. The molecule has 2 N–H and O–H groups in total. The van der Waals surface area contributed by atoms with Gasteiger partial charge in [-0.1, -0.05) is 12.1 Å². The van der Waals surface area contributed by atoms with Crippen molar-refractivity contribution in [3.05, 3.63) is 29.8 Å². The van der Waals surface area contributed by atoms with E-state index in [2.05, 4.69) is 15.6 Å². The average Bonchev–Trinajstić information content (AvgIpc) is 2.62. The summed E-state index contributed by atoms with van der Waals surface area (Å²) in [6.07, 6.45) is -9.93. The van der Waals surface area contributed by atoms with Gasteiger partial charge in [0.05, 0.1) is 13.2 Å². The van der Waals surface area contributed by atoms with Gasteiger partial charge in [0, 0.05) is 24.9 Å². The molecular formula is C17H22F6N2O3. The Morgan fingerprint density at radius 3 is 2.14 bits per heavy atom. The summed E-state index contributed by atoms with van der Waals surface area (Å²) < 4.78 is 96.8. The van der Waals surface area contributed by atoms with Crippen LogP contribution in [0.4, 0.5) is 32.0 Å². The maximum absolute atomic E-state index is 13.6. The molecule has 0 saturated carbocycles. The molecule has 1 atom stereocenters. The van der Waals surface area contributed by atoms with Crippen LogP contribution in [-0.4, -0.2) is 45.5 Å². The van der Waals surface area contributed by atoms with Crippen molar-refractivity contribution in [1.82, 2.24) is 5.43 Å². The highest BCUT2D eigenvalue weighted by atomic mass is 19.4. The summed E-state index contributed by atoms with van der Waals surface area (Å²) in [5.41, 5.74) is -0.149. The third kappa shape index (κ3) is 5.07. The topological polar surface area (TPSA) is 51.8 Å². The molecule has 1 aromatic rings. The second-order valence-electron chi connectivity index (χ2n) is 6.14. The number of hydrazine groups is 1. The van der Waals surface area contributed by atoms with Crippen LogP contribution in [-0.2, 0) is 19.8 Å². The van der Waals surface area contributed by atoms with Crippen LogP contribution in [0.2, 0.25) is 0 Å². The molecule has 1 heterocycles. The summed E-state index contributed by atoms with van der Waals surface area (Å²) in [6.45, 7) is -0.930. The van der Waals surface area contributed by atoms with Gasteiger partial charge in [0.1, 0.15) is 0 Å². The van der Waals surface area contributed by atoms with Crippen LogP contribution in [0.1, 0.15) is 24.8 Å². The molecule has 1 aliphatic rings. The lowest BCUT2D eigenvalue weighted by atomic mass is 9.91. The summed E-state index contributed by atoms with van der Waals surface area (Å²) in [6, 6.07) is 3.64. The van der Waals surface area contributed by atoms with Crippen LogP contribution in [0, 0.1) is 0 Å². The Morgan fingerprint density at radius 1 is 1.00 bits per heavy atom. The molecule has 0 aliphatic carbocycles.